The second kappa shape index (κ2) is 4.47. The minimum absolute atomic E-state index is 1.14. The van der Waals surface area contributed by atoms with Gasteiger partial charge < -0.3 is 0 Å². The van der Waals surface area contributed by atoms with Gasteiger partial charge in [0.15, 0.2) is 0 Å². The fourth-order valence-electron chi connectivity index (χ4n) is 4.77. The average Bonchev–Trinajstić information content (AvgIpc) is 2.48. The maximum absolute atomic E-state index is 1.62. The van der Waals surface area contributed by atoms with E-state index in [1.165, 1.54) is 12.8 Å². The van der Waals surface area contributed by atoms with Gasteiger partial charge in [-0.05, 0) is 42.9 Å². The van der Waals surface area contributed by atoms with Crippen LogP contribution >= 0.6 is 0 Å². The fourth-order valence-corrected chi connectivity index (χ4v) is 4.77. The molecule has 3 aliphatic rings. The van der Waals surface area contributed by atoms with Crippen LogP contribution in [0.2, 0.25) is 0 Å². The Kier molecular flexibility index (Phi) is 3.03. The maximum atomic E-state index is 1.62. The first-order valence-corrected chi connectivity index (χ1v) is 7.43. The topological polar surface area (TPSA) is 0 Å². The quantitative estimate of drug-likeness (QED) is 0.535. The summed E-state index contributed by atoms with van der Waals surface area (Å²) in [6.45, 7) is 0. The average molecular weight is 206 g/mol. The highest BCUT2D eigenvalue weighted by molar-refractivity contribution is 4.86. The Morgan fingerprint density at radius 2 is 0.800 bits per heavy atom. The molecule has 3 aliphatic carbocycles. The standard InChI is InChI=1S/C15H26/c1-3-7-14-11-15-8-4-2-6-13(15)10-9-12(14)5-1/h12-15H,1-11H2/t12-,13+,14+,15-. The van der Waals surface area contributed by atoms with Crippen LogP contribution in [0.3, 0.4) is 0 Å². The highest BCUT2D eigenvalue weighted by Gasteiger charge is 2.35. The Bertz CT molecular complexity index is 186. The molecule has 4 atom stereocenters. The van der Waals surface area contributed by atoms with E-state index >= 15 is 0 Å². The monoisotopic (exact) mass is 206 g/mol. The Balaban J connectivity index is 1.70. The van der Waals surface area contributed by atoms with Crippen LogP contribution in [-0.2, 0) is 0 Å². The normalized spacial score (nSPS) is 46.4. The molecule has 0 N–H and O–H groups in total. The van der Waals surface area contributed by atoms with Crippen LogP contribution in [-0.4, -0.2) is 0 Å². The maximum Gasteiger partial charge on any atom is -0.0383 e. The summed E-state index contributed by atoms with van der Waals surface area (Å²) in [5.41, 5.74) is 0. The highest BCUT2D eigenvalue weighted by atomic mass is 14.4. The summed E-state index contributed by atoms with van der Waals surface area (Å²) >= 11 is 0. The van der Waals surface area contributed by atoms with Gasteiger partial charge in [0.05, 0.1) is 0 Å². The van der Waals surface area contributed by atoms with Crippen molar-refractivity contribution in [1.29, 1.82) is 0 Å². The summed E-state index contributed by atoms with van der Waals surface area (Å²) < 4.78 is 0. The van der Waals surface area contributed by atoms with Crippen LogP contribution in [0.25, 0.3) is 0 Å². The Hall–Kier alpha value is 0. The summed E-state index contributed by atoms with van der Waals surface area (Å²) in [6, 6.07) is 0. The molecule has 0 spiro atoms. The van der Waals surface area contributed by atoms with E-state index in [0.717, 1.165) is 23.7 Å². The molecule has 0 radical (unpaired) electrons. The van der Waals surface area contributed by atoms with Gasteiger partial charge in [-0.25, -0.2) is 0 Å². The number of rotatable bonds is 0. The largest absolute Gasteiger partial charge is 0.0530 e. The van der Waals surface area contributed by atoms with Gasteiger partial charge in [-0.2, -0.15) is 0 Å². The van der Waals surface area contributed by atoms with E-state index in [9.17, 15) is 0 Å². The number of hydrogen-bond acceptors (Lipinski definition) is 0. The molecular weight excluding hydrogens is 180 g/mol. The molecular formula is C15H26. The van der Waals surface area contributed by atoms with Crippen molar-refractivity contribution < 1.29 is 0 Å². The van der Waals surface area contributed by atoms with Crippen molar-refractivity contribution in [1.82, 2.24) is 0 Å². The van der Waals surface area contributed by atoms with Gasteiger partial charge in [0.1, 0.15) is 0 Å². The van der Waals surface area contributed by atoms with E-state index in [2.05, 4.69) is 0 Å². The minimum atomic E-state index is 1.14. The molecule has 0 bridgehead atoms. The van der Waals surface area contributed by atoms with Gasteiger partial charge in [0, 0.05) is 0 Å². The van der Waals surface area contributed by atoms with Crippen LogP contribution in [0.4, 0.5) is 0 Å². The van der Waals surface area contributed by atoms with Crippen molar-refractivity contribution in [3.63, 3.8) is 0 Å². The molecule has 3 fully saturated rings. The van der Waals surface area contributed by atoms with Crippen molar-refractivity contribution in [2.45, 2.75) is 70.6 Å². The Labute approximate surface area is 94.8 Å². The predicted molar refractivity (Wildman–Crippen MR) is 64.7 cm³/mol. The van der Waals surface area contributed by atoms with E-state index < -0.39 is 0 Å². The van der Waals surface area contributed by atoms with E-state index in [1.54, 1.807) is 57.8 Å². The van der Waals surface area contributed by atoms with Crippen LogP contribution in [0.5, 0.6) is 0 Å². The van der Waals surface area contributed by atoms with Gasteiger partial charge in [-0.1, -0.05) is 51.4 Å². The van der Waals surface area contributed by atoms with Gasteiger partial charge in [-0.3, -0.25) is 0 Å². The molecule has 3 rings (SSSR count). The Morgan fingerprint density at radius 3 is 1.27 bits per heavy atom. The minimum Gasteiger partial charge on any atom is -0.0530 e. The lowest BCUT2D eigenvalue weighted by atomic mass is 9.72. The van der Waals surface area contributed by atoms with Crippen molar-refractivity contribution in [2.75, 3.05) is 0 Å². The van der Waals surface area contributed by atoms with Gasteiger partial charge >= 0.3 is 0 Å². The molecule has 0 unspecified atom stereocenters. The number of fused-ring (bicyclic) bond motifs is 2. The molecule has 0 aromatic rings. The zero-order valence-electron chi connectivity index (χ0n) is 10.1. The van der Waals surface area contributed by atoms with Crippen LogP contribution in [0, 0.1) is 23.7 Å². The third-order valence-electron chi connectivity index (χ3n) is 5.65. The third kappa shape index (κ3) is 2.10. The van der Waals surface area contributed by atoms with Crippen molar-refractivity contribution in [3.8, 4) is 0 Å². The summed E-state index contributed by atoms with van der Waals surface area (Å²) in [4.78, 5) is 0. The summed E-state index contributed by atoms with van der Waals surface area (Å²) in [5.74, 6) is 4.58. The first-order chi connectivity index (χ1) is 7.43. The molecule has 0 nitrogen and oxygen atoms in total. The molecule has 0 amide bonds. The predicted octanol–water partition coefficient (Wildman–Crippen LogP) is 4.78. The lowest BCUT2D eigenvalue weighted by Crippen LogP contribution is -2.22. The lowest BCUT2D eigenvalue weighted by molar-refractivity contribution is 0.180. The first kappa shape index (κ1) is 10.2. The molecule has 0 heterocycles. The van der Waals surface area contributed by atoms with E-state index in [1.807, 2.05) is 0 Å². The summed E-state index contributed by atoms with van der Waals surface area (Å²) in [5, 5.41) is 0. The highest BCUT2D eigenvalue weighted by Crippen LogP contribution is 2.47. The first-order valence-electron chi connectivity index (χ1n) is 7.43. The molecule has 3 saturated carbocycles. The van der Waals surface area contributed by atoms with Crippen molar-refractivity contribution >= 4 is 0 Å². The third-order valence-corrected chi connectivity index (χ3v) is 5.65. The second-order valence-electron chi connectivity index (χ2n) is 6.42. The zero-order valence-corrected chi connectivity index (χ0v) is 10.1. The van der Waals surface area contributed by atoms with Gasteiger partial charge in [-0.15, -0.1) is 0 Å². The molecule has 15 heavy (non-hydrogen) atoms. The zero-order chi connectivity index (χ0) is 10.1. The number of hydrogen-bond donors (Lipinski definition) is 0. The molecule has 86 valence electrons. The second-order valence-corrected chi connectivity index (χ2v) is 6.42. The van der Waals surface area contributed by atoms with Gasteiger partial charge in [0.2, 0.25) is 0 Å². The Morgan fingerprint density at radius 1 is 0.400 bits per heavy atom. The molecule has 0 aliphatic heterocycles. The molecule has 0 saturated heterocycles. The molecule has 0 aromatic carbocycles. The van der Waals surface area contributed by atoms with E-state index in [-0.39, 0.29) is 0 Å². The van der Waals surface area contributed by atoms with Crippen molar-refractivity contribution in [3.05, 3.63) is 0 Å². The SMILES string of the molecule is C1CC[C@@H]2C[C@@H]3CCCC[C@@H]3CC[C@@H]2C1. The molecule has 0 heteroatoms. The van der Waals surface area contributed by atoms with Gasteiger partial charge in [0.25, 0.3) is 0 Å². The van der Waals surface area contributed by atoms with Crippen LogP contribution in [0.1, 0.15) is 70.6 Å². The summed E-state index contributed by atoms with van der Waals surface area (Å²) in [6.07, 6.45) is 17.3. The van der Waals surface area contributed by atoms with Crippen LogP contribution in [0.15, 0.2) is 0 Å². The lowest BCUT2D eigenvalue weighted by Gasteiger charge is -2.33. The summed E-state index contributed by atoms with van der Waals surface area (Å²) in [7, 11) is 0. The smallest absolute Gasteiger partial charge is 0.0383 e. The van der Waals surface area contributed by atoms with Crippen molar-refractivity contribution in [2.24, 2.45) is 23.7 Å². The fraction of sp³-hybridized carbons (Fsp3) is 1.00. The van der Waals surface area contributed by atoms with Crippen LogP contribution < -0.4 is 0 Å². The van der Waals surface area contributed by atoms with E-state index in [4.69, 9.17) is 0 Å². The van der Waals surface area contributed by atoms with E-state index in [0.29, 0.717) is 0 Å². The molecule has 0 aromatic heterocycles.